The number of nitrogens with two attached hydrogens (primary N) is 3. The van der Waals surface area contributed by atoms with Crippen LogP contribution in [0.5, 0.6) is 0 Å². The maximum atomic E-state index is 12.8. The highest BCUT2D eigenvalue weighted by atomic mass is 32.1. The molecule has 0 saturated heterocycles. The van der Waals surface area contributed by atoms with Crippen molar-refractivity contribution in [1.29, 1.82) is 0 Å². The number of hydrogen-bond donors (Lipinski definition) is 8. The number of carboxylic acids is 1. The second kappa shape index (κ2) is 12.9. The summed E-state index contributed by atoms with van der Waals surface area (Å²) in [5.74, 6) is -1.84. The minimum atomic E-state index is -1.20. The van der Waals surface area contributed by atoms with Crippen LogP contribution in [0, 0.1) is 0 Å². The monoisotopic (exact) mass is 618 g/mol. The number of H-pyrrole nitrogens is 1. The molecule has 2 amide bonds. The van der Waals surface area contributed by atoms with Crippen molar-refractivity contribution < 1.29 is 19.5 Å². The van der Waals surface area contributed by atoms with Gasteiger partial charge >= 0.3 is 5.97 Å². The predicted octanol–water partition coefficient (Wildman–Crippen LogP) is 0.413. The lowest BCUT2D eigenvalue weighted by Crippen LogP contribution is -2.41. The van der Waals surface area contributed by atoms with E-state index in [2.05, 4.69) is 56.5 Å². The average Bonchev–Trinajstić information content (AvgIpc) is 3.70. The SMILES string of the molecule is Nc1ccc(C(=O)NCCCC(NC(=O)c2ccc(NCc3cnc4nc(N)nc(N)c4n3)s2)C(=O)O)c(-c2nn[nH]n2)c1. The number of fused-ring (bicyclic) bond motifs is 1. The van der Waals surface area contributed by atoms with Gasteiger partial charge in [0.25, 0.3) is 11.8 Å². The summed E-state index contributed by atoms with van der Waals surface area (Å²) in [7, 11) is 0. The van der Waals surface area contributed by atoms with Crippen LogP contribution in [0.4, 0.5) is 22.5 Å². The molecule has 19 heteroatoms. The number of tetrazole rings is 1. The number of rotatable bonds is 12. The second-order valence-electron chi connectivity index (χ2n) is 9.32. The number of carboxylic acid groups (broad SMARTS) is 1. The van der Waals surface area contributed by atoms with Gasteiger partial charge in [0.05, 0.1) is 33.9 Å². The summed E-state index contributed by atoms with van der Waals surface area (Å²) in [6.07, 6.45) is 1.88. The van der Waals surface area contributed by atoms with E-state index in [9.17, 15) is 19.5 Å². The number of hydrogen-bond acceptors (Lipinski definition) is 15. The molecular weight excluding hydrogens is 592 g/mol. The smallest absolute Gasteiger partial charge is 0.326 e. The molecule has 44 heavy (non-hydrogen) atoms. The standard InChI is InChI=1S/C25H26N14O4S/c26-11-3-4-13(14(8-11)20-36-38-39-37-20)22(40)29-7-1-2-15(24(42)43)33-23(41)16-5-6-17(44-16)30-9-12-10-31-21-18(32-12)19(27)34-25(28)35-21/h3-6,8,10,15,30H,1-2,7,9,26H2,(H,29,40)(H,33,41)(H,42,43)(H,36,37,38,39)(H4,27,28,31,34,35). The van der Waals surface area contributed by atoms with E-state index in [1.54, 1.807) is 24.3 Å². The van der Waals surface area contributed by atoms with Gasteiger partial charge < -0.3 is 38.3 Å². The van der Waals surface area contributed by atoms with Gasteiger partial charge in [-0.1, -0.05) is 0 Å². The second-order valence-corrected chi connectivity index (χ2v) is 10.4. The van der Waals surface area contributed by atoms with Crippen molar-refractivity contribution in [3.63, 3.8) is 0 Å². The summed E-state index contributed by atoms with van der Waals surface area (Å²) in [4.78, 5) is 54.2. The Kier molecular flexibility index (Phi) is 8.65. The van der Waals surface area contributed by atoms with Gasteiger partial charge in [0.15, 0.2) is 17.0 Å². The number of nitrogen functional groups attached to an aromatic ring is 3. The van der Waals surface area contributed by atoms with Gasteiger partial charge in [0, 0.05) is 17.8 Å². The molecule has 4 aromatic heterocycles. The van der Waals surface area contributed by atoms with Crippen LogP contribution < -0.4 is 33.2 Å². The van der Waals surface area contributed by atoms with Crippen LogP contribution in [-0.2, 0) is 11.3 Å². The molecule has 5 rings (SSSR count). The first-order valence-corrected chi connectivity index (χ1v) is 13.8. The van der Waals surface area contributed by atoms with Crippen molar-refractivity contribution in [2.24, 2.45) is 0 Å². The third-order valence-electron chi connectivity index (χ3n) is 6.21. The quantitative estimate of drug-likeness (QED) is 0.0694. The Labute approximate surface area is 251 Å². The molecule has 226 valence electrons. The zero-order valence-corrected chi connectivity index (χ0v) is 23.6. The summed E-state index contributed by atoms with van der Waals surface area (Å²) in [5, 5.41) is 32.4. The molecule has 0 aliphatic carbocycles. The fourth-order valence-corrected chi connectivity index (χ4v) is 4.92. The van der Waals surface area contributed by atoms with Crippen molar-refractivity contribution in [2.75, 3.05) is 29.1 Å². The van der Waals surface area contributed by atoms with E-state index in [4.69, 9.17) is 17.2 Å². The van der Waals surface area contributed by atoms with Gasteiger partial charge in [-0.3, -0.25) is 9.59 Å². The van der Waals surface area contributed by atoms with Crippen molar-refractivity contribution in [3.8, 4) is 11.4 Å². The van der Waals surface area contributed by atoms with E-state index < -0.39 is 23.8 Å². The molecule has 0 radical (unpaired) electrons. The minimum Gasteiger partial charge on any atom is -0.480 e. The zero-order chi connectivity index (χ0) is 31.2. The number of aliphatic carboxylic acids is 1. The summed E-state index contributed by atoms with van der Waals surface area (Å²) >= 11 is 1.14. The third kappa shape index (κ3) is 6.90. The third-order valence-corrected chi connectivity index (χ3v) is 7.25. The number of carbonyl (C=O) groups excluding carboxylic acids is 2. The van der Waals surface area contributed by atoms with E-state index in [0.717, 1.165) is 11.3 Å². The Balaban J connectivity index is 1.12. The van der Waals surface area contributed by atoms with Crippen LogP contribution in [0.1, 0.15) is 38.6 Å². The average molecular weight is 619 g/mol. The van der Waals surface area contributed by atoms with Crippen molar-refractivity contribution in [2.45, 2.75) is 25.4 Å². The normalized spacial score (nSPS) is 11.6. The predicted molar refractivity (Wildman–Crippen MR) is 160 cm³/mol. The Morgan fingerprint density at radius 1 is 1.05 bits per heavy atom. The molecule has 0 aliphatic heterocycles. The molecule has 4 heterocycles. The Hall–Kier alpha value is -5.98. The van der Waals surface area contributed by atoms with Crippen LogP contribution >= 0.6 is 11.3 Å². The molecule has 18 nitrogen and oxygen atoms in total. The molecule has 0 fully saturated rings. The van der Waals surface area contributed by atoms with Gasteiger partial charge in [-0.25, -0.2) is 14.8 Å². The number of benzene rings is 1. The lowest BCUT2D eigenvalue weighted by molar-refractivity contribution is -0.139. The van der Waals surface area contributed by atoms with Crippen LogP contribution in [0.3, 0.4) is 0 Å². The van der Waals surface area contributed by atoms with E-state index in [1.165, 1.54) is 12.3 Å². The molecule has 11 N–H and O–H groups in total. The molecule has 0 aliphatic rings. The fourth-order valence-electron chi connectivity index (χ4n) is 4.11. The summed E-state index contributed by atoms with van der Waals surface area (Å²) in [6, 6.07) is 6.77. The van der Waals surface area contributed by atoms with Gasteiger partial charge in [-0.05, 0) is 48.4 Å². The molecule has 1 atom stereocenters. The zero-order valence-electron chi connectivity index (χ0n) is 22.8. The minimum absolute atomic E-state index is 0.00199. The van der Waals surface area contributed by atoms with Crippen LogP contribution in [0.2, 0.25) is 0 Å². The number of anilines is 4. The maximum Gasteiger partial charge on any atom is 0.326 e. The molecule has 0 spiro atoms. The molecule has 1 unspecified atom stereocenters. The molecule has 5 aromatic rings. The maximum absolute atomic E-state index is 12.8. The molecule has 0 saturated carbocycles. The highest BCUT2D eigenvalue weighted by Crippen LogP contribution is 2.24. The van der Waals surface area contributed by atoms with Crippen molar-refractivity contribution in [3.05, 3.63) is 52.7 Å². The van der Waals surface area contributed by atoms with Gasteiger partial charge in [-0.2, -0.15) is 15.2 Å². The first-order valence-electron chi connectivity index (χ1n) is 13.0. The molecule has 0 bridgehead atoms. The molecule has 1 aromatic carbocycles. The van der Waals surface area contributed by atoms with Crippen LogP contribution in [0.25, 0.3) is 22.6 Å². The van der Waals surface area contributed by atoms with Crippen molar-refractivity contribution in [1.82, 2.24) is 51.2 Å². The van der Waals surface area contributed by atoms with Crippen LogP contribution in [-0.4, -0.2) is 76.0 Å². The first kappa shape index (κ1) is 29.5. The summed E-state index contributed by atoms with van der Waals surface area (Å²) in [6.45, 7) is 0.426. The van der Waals surface area contributed by atoms with Gasteiger partial charge in [0.2, 0.25) is 11.8 Å². The number of aromatic amines is 1. The lowest BCUT2D eigenvalue weighted by atomic mass is 10.0. The summed E-state index contributed by atoms with van der Waals surface area (Å²) < 4.78 is 0. The largest absolute Gasteiger partial charge is 0.480 e. The van der Waals surface area contributed by atoms with E-state index in [-0.39, 0.29) is 54.7 Å². The number of nitrogens with one attached hydrogen (secondary N) is 4. The first-order chi connectivity index (χ1) is 21.2. The number of amides is 2. The van der Waals surface area contributed by atoms with E-state index in [1.807, 2.05) is 0 Å². The van der Waals surface area contributed by atoms with Crippen LogP contribution in [0.15, 0.2) is 36.5 Å². The highest BCUT2D eigenvalue weighted by Gasteiger charge is 2.22. The lowest BCUT2D eigenvalue weighted by Gasteiger charge is -2.14. The van der Waals surface area contributed by atoms with E-state index in [0.29, 0.717) is 32.3 Å². The number of thiophene rings is 1. The Morgan fingerprint density at radius 3 is 2.66 bits per heavy atom. The number of aromatic nitrogens is 8. The fraction of sp³-hybridized carbons (Fsp3) is 0.200. The number of carbonyl (C=O) groups is 3. The van der Waals surface area contributed by atoms with Gasteiger partial charge in [-0.15, -0.1) is 21.5 Å². The topological polar surface area (TPSA) is 292 Å². The van der Waals surface area contributed by atoms with E-state index >= 15 is 0 Å². The van der Waals surface area contributed by atoms with Gasteiger partial charge in [0.1, 0.15) is 6.04 Å². The molecular formula is C25H26N14O4S. The Morgan fingerprint density at radius 2 is 1.89 bits per heavy atom. The number of nitrogens with zero attached hydrogens (tertiary/aromatic N) is 7. The Bertz CT molecular complexity index is 1830. The van der Waals surface area contributed by atoms with Crippen molar-refractivity contribution >= 4 is 62.7 Å². The summed E-state index contributed by atoms with van der Waals surface area (Å²) in [5.41, 5.74) is 19.5. The highest BCUT2D eigenvalue weighted by molar-refractivity contribution is 7.17.